The van der Waals surface area contributed by atoms with Gasteiger partial charge in [0.2, 0.25) is 6.79 Å². The summed E-state index contributed by atoms with van der Waals surface area (Å²) in [5.74, 6) is 2.16. The lowest BCUT2D eigenvalue weighted by Gasteiger charge is -2.35. The predicted molar refractivity (Wildman–Crippen MR) is 108 cm³/mol. The Morgan fingerprint density at radius 3 is 2.76 bits per heavy atom. The van der Waals surface area contributed by atoms with Gasteiger partial charge in [0.15, 0.2) is 11.5 Å². The highest BCUT2D eigenvalue weighted by Crippen LogP contribution is 2.50. The number of hydrogen-bond acceptors (Lipinski definition) is 5. The van der Waals surface area contributed by atoms with Crippen LogP contribution in [-0.4, -0.2) is 43.6 Å². The van der Waals surface area contributed by atoms with E-state index in [1.165, 1.54) is 22.3 Å². The maximum atomic E-state index is 6.33. The molecular weight excluding hydrogens is 366 g/mol. The molecule has 0 aromatic heterocycles. The molecule has 0 spiro atoms. The zero-order valence-corrected chi connectivity index (χ0v) is 16.5. The van der Waals surface area contributed by atoms with Gasteiger partial charge in [-0.25, -0.2) is 0 Å². The maximum Gasteiger partial charge on any atom is 0.231 e. The van der Waals surface area contributed by atoms with Gasteiger partial charge in [0.1, 0.15) is 6.10 Å². The van der Waals surface area contributed by atoms with Crippen LogP contribution in [0.15, 0.2) is 54.1 Å². The second-order valence-corrected chi connectivity index (χ2v) is 8.34. The molecule has 5 nitrogen and oxygen atoms in total. The topological polar surface area (TPSA) is 40.2 Å². The Labute approximate surface area is 170 Å². The van der Waals surface area contributed by atoms with Gasteiger partial charge in [0, 0.05) is 32.2 Å². The fourth-order valence-electron chi connectivity index (χ4n) is 5.36. The van der Waals surface area contributed by atoms with E-state index in [0.717, 1.165) is 31.0 Å². The van der Waals surface area contributed by atoms with E-state index in [1.54, 1.807) is 7.11 Å². The third kappa shape index (κ3) is 2.88. The van der Waals surface area contributed by atoms with Gasteiger partial charge in [-0.3, -0.25) is 4.90 Å². The Morgan fingerprint density at radius 1 is 1.10 bits per heavy atom. The van der Waals surface area contributed by atoms with Crippen molar-refractivity contribution in [3.8, 4) is 11.5 Å². The number of hydrogen-bond donors (Lipinski definition) is 0. The van der Waals surface area contributed by atoms with Crippen molar-refractivity contribution in [2.75, 3.05) is 20.4 Å². The number of methoxy groups -OCH3 is 1. The molecule has 1 saturated heterocycles. The Hall–Kier alpha value is -2.34. The summed E-state index contributed by atoms with van der Waals surface area (Å²) in [6, 6.07) is 15.1. The Bertz CT molecular complexity index is 957. The first kappa shape index (κ1) is 17.5. The normalized spacial score (nSPS) is 31.2. The van der Waals surface area contributed by atoms with Crippen molar-refractivity contribution in [1.29, 1.82) is 0 Å². The SMILES string of the molecule is CO[C@H]1C[C@H]2C(=C[C@@H]1OCc1ccccc1)[C@H]1CN2Cc2cc3c(cc21)OCO3. The highest BCUT2D eigenvalue weighted by molar-refractivity contribution is 5.54. The van der Waals surface area contributed by atoms with Gasteiger partial charge in [0.25, 0.3) is 0 Å². The summed E-state index contributed by atoms with van der Waals surface area (Å²) in [4.78, 5) is 2.58. The van der Waals surface area contributed by atoms with Crippen LogP contribution in [0.25, 0.3) is 0 Å². The van der Waals surface area contributed by atoms with Crippen LogP contribution >= 0.6 is 0 Å². The number of benzene rings is 2. The van der Waals surface area contributed by atoms with E-state index in [9.17, 15) is 0 Å². The van der Waals surface area contributed by atoms with E-state index in [2.05, 4.69) is 47.4 Å². The van der Waals surface area contributed by atoms with E-state index in [1.807, 2.05) is 6.07 Å². The minimum atomic E-state index is -0.0236. The lowest BCUT2D eigenvalue weighted by molar-refractivity contribution is -0.0549. The molecule has 1 aliphatic carbocycles. The van der Waals surface area contributed by atoms with Gasteiger partial charge in [-0.1, -0.05) is 36.4 Å². The molecule has 4 aliphatic rings. The molecular formula is C24H25NO4. The molecule has 150 valence electrons. The van der Waals surface area contributed by atoms with Crippen LogP contribution in [-0.2, 0) is 22.6 Å². The summed E-state index contributed by atoms with van der Waals surface area (Å²) in [5.41, 5.74) is 5.41. The molecule has 3 aliphatic heterocycles. The zero-order chi connectivity index (χ0) is 19.4. The third-order valence-corrected chi connectivity index (χ3v) is 6.80. The Morgan fingerprint density at radius 2 is 1.93 bits per heavy atom. The summed E-state index contributed by atoms with van der Waals surface area (Å²) in [5, 5.41) is 0. The van der Waals surface area contributed by atoms with E-state index in [0.29, 0.717) is 25.4 Å². The summed E-state index contributed by atoms with van der Waals surface area (Å²) in [6.07, 6.45) is 3.37. The van der Waals surface area contributed by atoms with Crippen molar-refractivity contribution >= 4 is 0 Å². The smallest absolute Gasteiger partial charge is 0.231 e. The molecule has 1 fully saturated rings. The van der Waals surface area contributed by atoms with Gasteiger partial charge in [-0.2, -0.15) is 0 Å². The third-order valence-electron chi connectivity index (χ3n) is 6.80. The molecule has 0 radical (unpaired) electrons. The molecule has 2 aromatic carbocycles. The molecule has 2 bridgehead atoms. The predicted octanol–water partition coefficient (Wildman–Crippen LogP) is 3.63. The zero-order valence-electron chi connectivity index (χ0n) is 16.5. The molecule has 0 N–H and O–H groups in total. The Balaban J connectivity index is 1.31. The van der Waals surface area contributed by atoms with Gasteiger partial charge in [-0.05, 0) is 40.8 Å². The highest BCUT2D eigenvalue weighted by atomic mass is 16.7. The molecule has 0 saturated carbocycles. The fraction of sp³-hybridized carbons (Fsp3) is 0.417. The maximum absolute atomic E-state index is 6.33. The quantitative estimate of drug-likeness (QED) is 0.745. The van der Waals surface area contributed by atoms with Crippen LogP contribution in [0, 0.1) is 0 Å². The molecule has 2 aromatic rings. The second-order valence-electron chi connectivity index (χ2n) is 8.34. The van der Waals surface area contributed by atoms with Crippen molar-refractivity contribution in [3.05, 3.63) is 70.8 Å². The second kappa shape index (κ2) is 6.87. The van der Waals surface area contributed by atoms with E-state index < -0.39 is 0 Å². The summed E-state index contributed by atoms with van der Waals surface area (Å²) in [7, 11) is 1.80. The first-order valence-electron chi connectivity index (χ1n) is 10.4. The number of fused-ring (bicyclic) bond motifs is 8. The molecule has 29 heavy (non-hydrogen) atoms. The molecule has 3 heterocycles. The molecule has 6 rings (SSSR count). The molecule has 1 unspecified atom stereocenters. The monoisotopic (exact) mass is 391 g/mol. The van der Waals surface area contributed by atoms with Crippen LogP contribution in [0.5, 0.6) is 11.5 Å². The van der Waals surface area contributed by atoms with Crippen molar-refractivity contribution < 1.29 is 18.9 Å². The van der Waals surface area contributed by atoms with Crippen molar-refractivity contribution in [2.24, 2.45) is 0 Å². The van der Waals surface area contributed by atoms with E-state index in [-0.39, 0.29) is 12.2 Å². The highest BCUT2D eigenvalue weighted by Gasteiger charge is 2.47. The average molecular weight is 391 g/mol. The van der Waals surface area contributed by atoms with Crippen LogP contribution in [0.1, 0.15) is 29.0 Å². The van der Waals surface area contributed by atoms with Crippen LogP contribution in [0.3, 0.4) is 0 Å². The standard InChI is InChI=1S/C24H25NO4/c1-26-21-10-20-18(9-23(21)27-13-15-5-3-2-4-6-15)19-12-25(20)11-16-7-22-24(8-17(16)19)29-14-28-22/h2-9,19-21,23H,10-14H2,1H3/t19-,20-,21-,23-/m0/s1. The minimum absolute atomic E-state index is 0.0236. The number of ether oxygens (including phenoxy) is 4. The van der Waals surface area contributed by atoms with Crippen molar-refractivity contribution in [2.45, 2.75) is 43.7 Å². The lowest BCUT2D eigenvalue weighted by Crippen LogP contribution is -2.41. The fourth-order valence-corrected chi connectivity index (χ4v) is 5.36. The molecule has 5 atom stereocenters. The first-order valence-corrected chi connectivity index (χ1v) is 10.4. The van der Waals surface area contributed by atoms with Crippen molar-refractivity contribution in [1.82, 2.24) is 4.90 Å². The lowest BCUT2D eigenvalue weighted by atomic mass is 9.82. The van der Waals surface area contributed by atoms with E-state index in [4.69, 9.17) is 18.9 Å². The van der Waals surface area contributed by atoms with Gasteiger partial charge in [0.05, 0.1) is 12.7 Å². The number of rotatable bonds is 4. The van der Waals surface area contributed by atoms with Gasteiger partial charge >= 0.3 is 0 Å². The largest absolute Gasteiger partial charge is 0.454 e. The van der Waals surface area contributed by atoms with E-state index >= 15 is 0 Å². The van der Waals surface area contributed by atoms with Gasteiger partial charge in [-0.15, -0.1) is 0 Å². The average Bonchev–Trinajstić information content (AvgIpc) is 3.33. The van der Waals surface area contributed by atoms with Crippen LogP contribution < -0.4 is 9.47 Å². The van der Waals surface area contributed by atoms with Crippen molar-refractivity contribution in [3.63, 3.8) is 0 Å². The molecule has 5 heteroatoms. The number of nitrogens with zero attached hydrogens (tertiary/aromatic N) is 1. The van der Waals surface area contributed by atoms with Gasteiger partial charge < -0.3 is 18.9 Å². The van der Waals surface area contributed by atoms with Crippen LogP contribution in [0.2, 0.25) is 0 Å². The molecule has 0 amide bonds. The summed E-state index contributed by atoms with van der Waals surface area (Å²) in [6.45, 7) is 2.94. The van der Waals surface area contributed by atoms with Crippen LogP contribution in [0.4, 0.5) is 0 Å². The summed E-state index contributed by atoms with van der Waals surface area (Å²) >= 11 is 0. The first-order chi connectivity index (χ1) is 14.3. The summed E-state index contributed by atoms with van der Waals surface area (Å²) < 4.78 is 23.4. The Kier molecular flexibility index (Phi) is 4.15. The minimum Gasteiger partial charge on any atom is -0.454 e.